The van der Waals surface area contributed by atoms with Gasteiger partial charge < -0.3 is 14.5 Å². The topological polar surface area (TPSA) is 75.1 Å². The minimum absolute atomic E-state index is 0.0774. The van der Waals surface area contributed by atoms with E-state index in [-0.39, 0.29) is 11.7 Å². The molecule has 5 nitrogen and oxygen atoms in total. The van der Waals surface area contributed by atoms with Crippen molar-refractivity contribution in [3.8, 4) is 17.6 Å². The van der Waals surface area contributed by atoms with E-state index in [1.165, 1.54) is 0 Å². The lowest BCUT2D eigenvalue weighted by molar-refractivity contribution is 0.0744. The minimum Gasteiger partial charge on any atom is -0.486 e. The number of hydrogen-bond donors (Lipinski definition) is 1. The lowest BCUT2D eigenvalue weighted by atomic mass is 9.78. The first kappa shape index (κ1) is 18.1. The van der Waals surface area contributed by atoms with Crippen molar-refractivity contribution in [3.63, 3.8) is 0 Å². The highest BCUT2D eigenvalue weighted by molar-refractivity contribution is 5.80. The molecule has 0 spiro atoms. The molecule has 4 rings (SSSR count). The lowest BCUT2D eigenvalue weighted by Crippen LogP contribution is -2.36. The predicted molar refractivity (Wildman–Crippen MR) is 108 cm³/mol. The molecular formula is C23H22N2O3. The highest BCUT2D eigenvalue weighted by Crippen LogP contribution is 2.36. The van der Waals surface area contributed by atoms with Crippen molar-refractivity contribution in [3.05, 3.63) is 70.0 Å². The van der Waals surface area contributed by atoms with Crippen LogP contribution in [0.25, 0.3) is 10.9 Å². The maximum absolute atomic E-state index is 12.2. The van der Waals surface area contributed by atoms with Gasteiger partial charge in [-0.3, -0.25) is 4.79 Å². The first-order valence-corrected chi connectivity index (χ1v) is 9.48. The first-order valence-electron chi connectivity index (χ1n) is 9.48. The summed E-state index contributed by atoms with van der Waals surface area (Å²) in [5, 5.41) is 10.9. The van der Waals surface area contributed by atoms with Crippen LogP contribution >= 0.6 is 0 Å². The summed E-state index contributed by atoms with van der Waals surface area (Å²) in [5.41, 5.74) is 1.51. The van der Waals surface area contributed by atoms with E-state index in [0.717, 1.165) is 27.8 Å². The van der Waals surface area contributed by atoms with Gasteiger partial charge in [0.2, 0.25) is 0 Å². The molecule has 2 heterocycles. The molecule has 1 aliphatic rings. The second kappa shape index (κ2) is 7.05. The van der Waals surface area contributed by atoms with Crippen molar-refractivity contribution >= 4 is 10.9 Å². The first-order chi connectivity index (χ1) is 13.5. The molecule has 0 radical (unpaired) electrons. The fourth-order valence-electron chi connectivity index (χ4n) is 3.70. The number of rotatable bonds is 4. The SMILES string of the molecule is CCc1cc2ccc(C(C)(C#N)CC3COc4ccccc4O3)cc2[nH]c1=O. The molecule has 1 aromatic heterocycles. The number of aryl methyl sites for hydroxylation is 1. The summed E-state index contributed by atoms with van der Waals surface area (Å²) in [4.78, 5) is 15.1. The number of benzene rings is 2. The van der Waals surface area contributed by atoms with Crippen molar-refractivity contribution < 1.29 is 9.47 Å². The highest BCUT2D eigenvalue weighted by atomic mass is 16.6. The van der Waals surface area contributed by atoms with Crippen molar-refractivity contribution in [1.82, 2.24) is 4.98 Å². The van der Waals surface area contributed by atoms with Crippen LogP contribution in [0.3, 0.4) is 0 Å². The predicted octanol–water partition coefficient (Wildman–Crippen LogP) is 4.10. The van der Waals surface area contributed by atoms with E-state index in [2.05, 4.69) is 11.1 Å². The molecule has 28 heavy (non-hydrogen) atoms. The Kier molecular flexibility index (Phi) is 4.56. The highest BCUT2D eigenvalue weighted by Gasteiger charge is 2.34. The molecule has 142 valence electrons. The monoisotopic (exact) mass is 374 g/mol. The fourth-order valence-corrected chi connectivity index (χ4v) is 3.70. The summed E-state index contributed by atoms with van der Waals surface area (Å²) < 4.78 is 11.8. The summed E-state index contributed by atoms with van der Waals surface area (Å²) in [7, 11) is 0. The van der Waals surface area contributed by atoms with Crippen LogP contribution in [0.15, 0.2) is 53.3 Å². The number of fused-ring (bicyclic) bond motifs is 2. The number of nitrogens with zero attached hydrogens (tertiary/aromatic N) is 1. The van der Waals surface area contributed by atoms with Gasteiger partial charge in [-0.05, 0) is 48.6 Å². The minimum atomic E-state index is -0.769. The van der Waals surface area contributed by atoms with Crippen LogP contribution in [0.5, 0.6) is 11.5 Å². The Labute approximate surface area is 163 Å². The summed E-state index contributed by atoms with van der Waals surface area (Å²) in [6.07, 6.45) is 0.945. The molecule has 1 N–H and O–H groups in total. The van der Waals surface area contributed by atoms with Crippen LogP contribution in [-0.4, -0.2) is 17.7 Å². The van der Waals surface area contributed by atoms with Crippen LogP contribution in [-0.2, 0) is 11.8 Å². The van der Waals surface area contributed by atoms with E-state index < -0.39 is 5.41 Å². The average Bonchev–Trinajstić information content (AvgIpc) is 2.72. The molecule has 0 fully saturated rings. The van der Waals surface area contributed by atoms with Gasteiger partial charge in [-0.15, -0.1) is 0 Å². The Morgan fingerprint density at radius 1 is 1.21 bits per heavy atom. The molecule has 0 saturated heterocycles. The molecule has 1 aliphatic heterocycles. The average molecular weight is 374 g/mol. The summed E-state index contributed by atoms with van der Waals surface area (Å²) in [6, 6.07) is 17.7. The normalized spacial score (nSPS) is 17.7. The van der Waals surface area contributed by atoms with Crippen molar-refractivity contribution in [1.29, 1.82) is 5.26 Å². The van der Waals surface area contributed by atoms with Crippen LogP contribution < -0.4 is 15.0 Å². The zero-order valence-electron chi connectivity index (χ0n) is 16.0. The Hall–Kier alpha value is -3.26. The van der Waals surface area contributed by atoms with E-state index in [1.807, 2.05) is 62.4 Å². The van der Waals surface area contributed by atoms with Crippen LogP contribution in [0, 0.1) is 11.3 Å². The number of aromatic amines is 1. The molecule has 0 amide bonds. The molecule has 3 aromatic rings. The largest absolute Gasteiger partial charge is 0.486 e. The maximum atomic E-state index is 12.2. The second-order valence-electron chi connectivity index (χ2n) is 7.42. The Bertz CT molecular complexity index is 1130. The van der Waals surface area contributed by atoms with Gasteiger partial charge in [0.25, 0.3) is 5.56 Å². The second-order valence-corrected chi connectivity index (χ2v) is 7.42. The van der Waals surface area contributed by atoms with Gasteiger partial charge in [0, 0.05) is 17.5 Å². The molecule has 5 heteroatoms. The van der Waals surface area contributed by atoms with E-state index >= 15 is 0 Å². The number of aromatic nitrogens is 1. The fraction of sp³-hybridized carbons (Fsp3) is 0.304. The zero-order valence-corrected chi connectivity index (χ0v) is 16.0. The summed E-state index contributed by atoms with van der Waals surface area (Å²) in [5.74, 6) is 1.43. The number of nitriles is 1. The molecule has 0 aliphatic carbocycles. The van der Waals surface area contributed by atoms with Gasteiger partial charge in [0.05, 0.1) is 11.5 Å². The zero-order chi connectivity index (χ0) is 19.7. The maximum Gasteiger partial charge on any atom is 0.251 e. The number of ether oxygens (including phenoxy) is 2. The molecule has 2 unspecified atom stereocenters. The summed E-state index contributed by atoms with van der Waals surface area (Å²) >= 11 is 0. The van der Waals surface area contributed by atoms with Gasteiger partial charge in [0.15, 0.2) is 11.5 Å². The van der Waals surface area contributed by atoms with E-state index in [0.29, 0.717) is 25.2 Å². The third kappa shape index (κ3) is 3.22. The smallest absolute Gasteiger partial charge is 0.251 e. The number of nitrogens with one attached hydrogen (secondary N) is 1. The molecule has 0 saturated carbocycles. The molecule has 0 bridgehead atoms. The lowest BCUT2D eigenvalue weighted by Gasteiger charge is -2.31. The van der Waals surface area contributed by atoms with Crippen LogP contribution in [0.2, 0.25) is 0 Å². The van der Waals surface area contributed by atoms with E-state index in [1.54, 1.807) is 0 Å². The number of hydrogen-bond acceptors (Lipinski definition) is 4. The molecule has 2 atom stereocenters. The van der Waals surface area contributed by atoms with E-state index in [9.17, 15) is 10.1 Å². The number of para-hydroxylation sites is 2. The molecule has 2 aromatic carbocycles. The van der Waals surface area contributed by atoms with Crippen LogP contribution in [0.1, 0.15) is 31.4 Å². The third-order valence-electron chi connectivity index (χ3n) is 5.39. The Morgan fingerprint density at radius 3 is 2.75 bits per heavy atom. The van der Waals surface area contributed by atoms with Crippen LogP contribution in [0.4, 0.5) is 0 Å². The number of pyridine rings is 1. The Balaban J connectivity index is 1.64. The number of H-pyrrole nitrogens is 1. The van der Waals surface area contributed by atoms with Gasteiger partial charge in [-0.1, -0.05) is 31.2 Å². The van der Waals surface area contributed by atoms with E-state index in [4.69, 9.17) is 9.47 Å². The summed E-state index contributed by atoms with van der Waals surface area (Å²) in [6.45, 7) is 4.26. The quantitative estimate of drug-likeness (QED) is 0.746. The van der Waals surface area contributed by atoms with Gasteiger partial charge in [-0.2, -0.15) is 5.26 Å². The van der Waals surface area contributed by atoms with Crippen molar-refractivity contribution in [2.24, 2.45) is 0 Å². The standard InChI is InChI=1S/C23H22N2O3/c1-3-15-10-16-8-9-17(11-19(16)25-22(15)26)23(2,14-24)12-18-13-27-20-6-4-5-7-21(20)28-18/h4-11,18H,3,12-13H2,1-2H3,(H,25,26). The van der Waals surface area contributed by atoms with Crippen molar-refractivity contribution in [2.75, 3.05) is 6.61 Å². The third-order valence-corrected chi connectivity index (χ3v) is 5.39. The molecular weight excluding hydrogens is 352 g/mol. The van der Waals surface area contributed by atoms with Gasteiger partial charge >= 0.3 is 0 Å². The van der Waals surface area contributed by atoms with Gasteiger partial charge in [-0.25, -0.2) is 0 Å². The van der Waals surface area contributed by atoms with Gasteiger partial charge in [0.1, 0.15) is 12.7 Å². The Morgan fingerprint density at radius 2 is 2.00 bits per heavy atom. The van der Waals surface area contributed by atoms with Crippen molar-refractivity contribution in [2.45, 2.75) is 38.2 Å².